The number of amides is 2. The third-order valence-electron chi connectivity index (χ3n) is 3.60. The predicted molar refractivity (Wildman–Crippen MR) is 78.4 cm³/mol. The first-order valence-electron chi connectivity index (χ1n) is 6.90. The summed E-state index contributed by atoms with van der Waals surface area (Å²) in [5.41, 5.74) is 2.69. The summed E-state index contributed by atoms with van der Waals surface area (Å²) in [6.07, 6.45) is 2.71. The van der Waals surface area contributed by atoms with Crippen LogP contribution >= 0.6 is 0 Å². The molecule has 0 aliphatic carbocycles. The Morgan fingerprint density at radius 2 is 2.05 bits per heavy atom. The summed E-state index contributed by atoms with van der Waals surface area (Å²) in [5, 5.41) is 12.4. The molecule has 1 aliphatic heterocycles. The van der Waals surface area contributed by atoms with Crippen molar-refractivity contribution in [2.75, 3.05) is 11.9 Å². The number of H-pyrrole nitrogens is 1. The van der Waals surface area contributed by atoms with Crippen molar-refractivity contribution in [3.63, 3.8) is 0 Å². The molecule has 3 rings (SSSR count). The molecule has 0 saturated carbocycles. The fraction of sp³-hybridized carbons (Fsp3) is 0.267. The molecule has 2 aromatic rings. The van der Waals surface area contributed by atoms with E-state index < -0.39 is 0 Å². The summed E-state index contributed by atoms with van der Waals surface area (Å²) in [6, 6.07) is 9.45. The van der Waals surface area contributed by atoms with Gasteiger partial charge in [0.05, 0.1) is 11.6 Å². The largest absolute Gasteiger partial charge is 0.355 e. The van der Waals surface area contributed by atoms with E-state index in [0.29, 0.717) is 19.4 Å². The molecule has 0 bridgehead atoms. The van der Waals surface area contributed by atoms with Gasteiger partial charge in [-0.1, -0.05) is 12.1 Å². The van der Waals surface area contributed by atoms with Crippen LogP contribution < -0.4 is 10.6 Å². The van der Waals surface area contributed by atoms with Crippen molar-refractivity contribution in [3.05, 3.63) is 36.5 Å². The molecule has 2 amide bonds. The molecule has 6 nitrogen and oxygen atoms in total. The maximum absolute atomic E-state index is 12.1. The number of anilines is 1. The minimum atomic E-state index is -0.157. The first-order valence-corrected chi connectivity index (χ1v) is 6.90. The molecular weight excluding hydrogens is 268 g/mol. The zero-order valence-electron chi connectivity index (χ0n) is 11.4. The number of hydrogen-bond donors (Lipinski definition) is 3. The summed E-state index contributed by atoms with van der Waals surface area (Å²) < 4.78 is 0. The van der Waals surface area contributed by atoms with Crippen molar-refractivity contribution in [1.82, 2.24) is 15.5 Å². The van der Waals surface area contributed by atoms with E-state index in [1.54, 1.807) is 6.20 Å². The highest BCUT2D eigenvalue weighted by atomic mass is 16.2. The number of carbonyl (C=O) groups excluding carboxylic acids is 2. The SMILES string of the molecule is O=C1CC[C@@H](C(=O)Nc2ccc(-c3ccn[nH]3)cc2)CN1. The van der Waals surface area contributed by atoms with Gasteiger partial charge in [-0.25, -0.2) is 0 Å². The van der Waals surface area contributed by atoms with E-state index in [4.69, 9.17) is 0 Å². The second kappa shape index (κ2) is 5.78. The quantitative estimate of drug-likeness (QED) is 0.799. The maximum Gasteiger partial charge on any atom is 0.229 e. The lowest BCUT2D eigenvalue weighted by molar-refractivity contribution is -0.126. The monoisotopic (exact) mass is 284 g/mol. The number of aromatic nitrogens is 2. The number of nitrogens with zero attached hydrogens (tertiary/aromatic N) is 1. The van der Waals surface area contributed by atoms with Crippen molar-refractivity contribution in [2.45, 2.75) is 12.8 Å². The van der Waals surface area contributed by atoms with Gasteiger partial charge in [-0.2, -0.15) is 5.10 Å². The molecule has 0 radical (unpaired) electrons. The Bertz CT molecular complexity index is 624. The Morgan fingerprint density at radius 1 is 1.24 bits per heavy atom. The summed E-state index contributed by atoms with van der Waals surface area (Å²) in [4.78, 5) is 23.2. The Balaban J connectivity index is 1.62. The number of nitrogens with one attached hydrogen (secondary N) is 3. The lowest BCUT2D eigenvalue weighted by Crippen LogP contribution is -2.40. The minimum absolute atomic E-state index is 0.0166. The van der Waals surface area contributed by atoms with Crippen molar-refractivity contribution >= 4 is 17.5 Å². The zero-order valence-corrected chi connectivity index (χ0v) is 11.4. The molecule has 1 aliphatic rings. The van der Waals surface area contributed by atoms with Gasteiger partial charge in [-0.15, -0.1) is 0 Å². The maximum atomic E-state index is 12.1. The second-order valence-electron chi connectivity index (χ2n) is 5.08. The molecule has 0 unspecified atom stereocenters. The fourth-order valence-corrected chi connectivity index (χ4v) is 2.35. The fourth-order valence-electron chi connectivity index (χ4n) is 2.35. The van der Waals surface area contributed by atoms with Gasteiger partial charge in [0.1, 0.15) is 0 Å². The minimum Gasteiger partial charge on any atom is -0.355 e. The molecule has 108 valence electrons. The first kappa shape index (κ1) is 13.4. The van der Waals surface area contributed by atoms with Gasteiger partial charge in [-0.05, 0) is 30.2 Å². The Hall–Kier alpha value is -2.63. The van der Waals surface area contributed by atoms with Crippen molar-refractivity contribution in [1.29, 1.82) is 0 Å². The molecule has 1 aromatic heterocycles. The lowest BCUT2D eigenvalue weighted by Gasteiger charge is -2.21. The van der Waals surface area contributed by atoms with Gasteiger partial charge in [0.15, 0.2) is 0 Å². The lowest BCUT2D eigenvalue weighted by atomic mass is 9.98. The van der Waals surface area contributed by atoms with Crippen LogP contribution in [0.25, 0.3) is 11.3 Å². The highest BCUT2D eigenvalue weighted by Gasteiger charge is 2.24. The second-order valence-corrected chi connectivity index (χ2v) is 5.08. The van der Waals surface area contributed by atoms with Gasteiger partial charge in [0, 0.05) is 24.8 Å². The number of piperidine rings is 1. The van der Waals surface area contributed by atoms with Gasteiger partial charge in [0.25, 0.3) is 0 Å². The normalized spacial score (nSPS) is 18.1. The van der Waals surface area contributed by atoms with Crippen LogP contribution in [0.2, 0.25) is 0 Å². The van der Waals surface area contributed by atoms with E-state index in [1.807, 2.05) is 30.3 Å². The summed E-state index contributed by atoms with van der Waals surface area (Å²) in [6.45, 7) is 0.414. The van der Waals surface area contributed by atoms with E-state index in [9.17, 15) is 9.59 Å². The first-order chi connectivity index (χ1) is 10.2. The van der Waals surface area contributed by atoms with Gasteiger partial charge in [-0.3, -0.25) is 14.7 Å². The van der Waals surface area contributed by atoms with E-state index in [2.05, 4.69) is 20.8 Å². The standard InChI is InChI=1S/C15H16N4O2/c20-14-6-3-11(9-16-14)15(21)18-12-4-1-10(2-5-12)13-7-8-17-19-13/h1-2,4-5,7-8,11H,3,6,9H2,(H,16,20)(H,17,19)(H,18,21)/t11-/m1/s1. The molecule has 6 heteroatoms. The van der Waals surface area contributed by atoms with Crippen molar-refractivity contribution < 1.29 is 9.59 Å². The third-order valence-corrected chi connectivity index (χ3v) is 3.60. The van der Waals surface area contributed by atoms with E-state index in [-0.39, 0.29) is 17.7 Å². The molecule has 1 fully saturated rings. The van der Waals surface area contributed by atoms with Crippen LogP contribution in [0.1, 0.15) is 12.8 Å². The van der Waals surface area contributed by atoms with E-state index in [0.717, 1.165) is 16.9 Å². The Morgan fingerprint density at radius 3 is 2.67 bits per heavy atom. The topological polar surface area (TPSA) is 86.9 Å². The number of hydrogen-bond acceptors (Lipinski definition) is 3. The summed E-state index contributed by atoms with van der Waals surface area (Å²) in [5.74, 6) is -0.192. The van der Waals surface area contributed by atoms with Crippen LogP contribution in [0.3, 0.4) is 0 Å². The van der Waals surface area contributed by atoms with E-state index >= 15 is 0 Å². The van der Waals surface area contributed by atoms with Crippen molar-refractivity contribution in [2.24, 2.45) is 5.92 Å². The summed E-state index contributed by atoms with van der Waals surface area (Å²) >= 11 is 0. The predicted octanol–water partition coefficient (Wildman–Crippen LogP) is 1.54. The number of rotatable bonds is 3. The average molecular weight is 284 g/mol. The molecule has 21 heavy (non-hydrogen) atoms. The third kappa shape index (κ3) is 3.10. The number of carbonyl (C=O) groups is 2. The van der Waals surface area contributed by atoms with Gasteiger partial charge >= 0.3 is 0 Å². The van der Waals surface area contributed by atoms with Crippen molar-refractivity contribution in [3.8, 4) is 11.3 Å². The molecule has 2 heterocycles. The highest BCUT2D eigenvalue weighted by molar-refractivity contribution is 5.94. The Labute approximate surface area is 121 Å². The van der Waals surface area contributed by atoms with Gasteiger partial charge in [0.2, 0.25) is 11.8 Å². The van der Waals surface area contributed by atoms with Crippen LogP contribution in [0.4, 0.5) is 5.69 Å². The number of aromatic amines is 1. The van der Waals surface area contributed by atoms with Crippen LogP contribution in [-0.2, 0) is 9.59 Å². The molecule has 1 aromatic carbocycles. The summed E-state index contributed by atoms with van der Waals surface area (Å²) in [7, 11) is 0. The van der Waals surface area contributed by atoms with Gasteiger partial charge < -0.3 is 10.6 Å². The van der Waals surface area contributed by atoms with Crippen LogP contribution in [0, 0.1) is 5.92 Å². The molecular formula is C15H16N4O2. The van der Waals surface area contributed by atoms with Crippen LogP contribution in [0.15, 0.2) is 36.5 Å². The number of benzene rings is 1. The molecule has 3 N–H and O–H groups in total. The van der Waals surface area contributed by atoms with Crippen LogP contribution in [-0.4, -0.2) is 28.6 Å². The highest BCUT2D eigenvalue weighted by Crippen LogP contribution is 2.20. The average Bonchev–Trinajstić information content (AvgIpc) is 3.03. The molecule has 1 atom stereocenters. The molecule has 0 spiro atoms. The zero-order chi connectivity index (χ0) is 14.7. The smallest absolute Gasteiger partial charge is 0.229 e. The molecule has 1 saturated heterocycles. The Kier molecular flexibility index (Phi) is 3.68. The van der Waals surface area contributed by atoms with E-state index in [1.165, 1.54) is 0 Å². The van der Waals surface area contributed by atoms with Crippen LogP contribution in [0.5, 0.6) is 0 Å².